The Labute approximate surface area is 97.6 Å². The van der Waals surface area contributed by atoms with Crippen LogP contribution in [0.5, 0.6) is 0 Å². The minimum atomic E-state index is -0.840. The summed E-state index contributed by atoms with van der Waals surface area (Å²) in [6, 6.07) is 0. The van der Waals surface area contributed by atoms with Crippen molar-refractivity contribution in [3.05, 3.63) is 0 Å². The molecule has 0 aromatic carbocycles. The van der Waals surface area contributed by atoms with E-state index >= 15 is 0 Å². The van der Waals surface area contributed by atoms with Crippen LogP contribution in [-0.2, 0) is 4.79 Å². The van der Waals surface area contributed by atoms with Crippen molar-refractivity contribution < 1.29 is 9.90 Å². The molecule has 0 aromatic rings. The standard InChI is InChI=1S/C13H21NO2/c1-5-6-14-13(11(15)16)8-10(2)7-12(3,4)9-13/h1,10,14H,6-9H2,2-4H3,(H,15,16). The Morgan fingerprint density at radius 1 is 1.56 bits per heavy atom. The van der Waals surface area contributed by atoms with Crippen LogP contribution in [0.3, 0.4) is 0 Å². The van der Waals surface area contributed by atoms with Gasteiger partial charge in [0.15, 0.2) is 0 Å². The summed E-state index contributed by atoms with van der Waals surface area (Å²) in [4.78, 5) is 11.5. The summed E-state index contributed by atoms with van der Waals surface area (Å²) >= 11 is 0. The molecule has 0 radical (unpaired) electrons. The van der Waals surface area contributed by atoms with Crippen LogP contribution in [-0.4, -0.2) is 23.2 Å². The molecule has 1 rings (SSSR count). The van der Waals surface area contributed by atoms with Gasteiger partial charge in [-0.25, -0.2) is 0 Å². The van der Waals surface area contributed by atoms with Crippen molar-refractivity contribution in [1.82, 2.24) is 5.32 Å². The summed E-state index contributed by atoms with van der Waals surface area (Å²) < 4.78 is 0. The van der Waals surface area contributed by atoms with Crippen molar-refractivity contribution in [2.75, 3.05) is 6.54 Å². The molecular formula is C13H21NO2. The molecule has 2 unspecified atom stereocenters. The number of terminal acetylenes is 1. The van der Waals surface area contributed by atoms with E-state index in [0.29, 0.717) is 25.3 Å². The molecule has 0 amide bonds. The van der Waals surface area contributed by atoms with Gasteiger partial charge in [0.2, 0.25) is 0 Å². The van der Waals surface area contributed by atoms with E-state index in [-0.39, 0.29) is 5.41 Å². The number of aliphatic carboxylic acids is 1. The second-order valence-corrected chi connectivity index (χ2v) is 5.80. The summed E-state index contributed by atoms with van der Waals surface area (Å²) in [5.74, 6) is 2.09. The zero-order valence-electron chi connectivity index (χ0n) is 10.3. The van der Waals surface area contributed by atoms with Crippen LogP contribution in [0.25, 0.3) is 0 Å². The molecule has 0 saturated heterocycles. The molecule has 1 fully saturated rings. The topological polar surface area (TPSA) is 49.3 Å². The summed E-state index contributed by atoms with van der Waals surface area (Å²) in [6.07, 6.45) is 7.57. The maximum atomic E-state index is 11.5. The van der Waals surface area contributed by atoms with Crippen LogP contribution < -0.4 is 5.32 Å². The quantitative estimate of drug-likeness (QED) is 0.718. The molecule has 1 saturated carbocycles. The number of hydrogen-bond acceptors (Lipinski definition) is 2. The summed E-state index contributed by atoms with van der Waals surface area (Å²) in [7, 11) is 0. The Morgan fingerprint density at radius 2 is 2.19 bits per heavy atom. The average Bonchev–Trinajstić information content (AvgIpc) is 2.11. The first-order valence-corrected chi connectivity index (χ1v) is 5.73. The van der Waals surface area contributed by atoms with Gasteiger partial charge in [-0.1, -0.05) is 26.7 Å². The lowest BCUT2D eigenvalue weighted by Gasteiger charge is -2.45. The van der Waals surface area contributed by atoms with E-state index in [1.807, 2.05) is 0 Å². The van der Waals surface area contributed by atoms with Crippen LogP contribution in [0, 0.1) is 23.7 Å². The fourth-order valence-electron chi connectivity index (χ4n) is 3.17. The smallest absolute Gasteiger partial charge is 0.323 e. The summed E-state index contributed by atoms with van der Waals surface area (Å²) in [6.45, 7) is 6.67. The first-order chi connectivity index (χ1) is 7.31. The molecule has 3 nitrogen and oxygen atoms in total. The lowest BCUT2D eigenvalue weighted by atomic mass is 9.64. The van der Waals surface area contributed by atoms with Gasteiger partial charge in [0.1, 0.15) is 5.54 Å². The van der Waals surface area contributed by atoms with Crippen LogP contribution in [0.2, 0.25) is 0 Å². The van der Waals surface area contributed by atoms with E-state index in [1.54, 1.807) is 0 Å². The third-order valence-corrected chi connectivity index (χ3v) is 3.32. The average molecular weight is 223 g/mol. The Kier molecular flexibility index (Phi) is 3.64. The number of hydrogen-bond donors (Lipinski definition) is 2. The van der Waals surface area contributed by atoms with Crippen LogP contribution >= 0.6 is 0 Å². The Morgan fingerprint density at radius 3 is 2.62 bits per heavy atom. The number of carboxylic acid groups (broad SMARTS) is 1. The van der Waals surface area contributed by atoms with E-state index in [4.69, 9.17) is 6.42 Å². The van der Waals surface area contributed by atoms with Crippen molar-refractivity contribution >= 4 is 5.97 Å². The Bertz CT molecular complexity index is 316. The normalized spacial score (nSPS) is 33.0. The highest BCUT2D eigenvalue weighted by Gasteiger charge is 2.47. The monoisotopic (exact) mass is 223 g/mol. The van der Waals surface area contributed by atoms with Crippen molar-refractivity contribution in [2.45, 2.75) is 45.6 Å². The first-order valence-electron chi connectivity index (χ1n) is 5.73. The molecule has 0 spiro atoms. The fraction of sp³-hybridized carbons (Fsp3) is 0.769. The molecule has 3 heteroatoms. The molecule has 0 aromatic heterocycles. The Hall–Kier alpha value is -1.01. The number of nitrogens with one attached hydrogen (secondary N) is 1. The minimum absolute atomic E-state index is 0.0532. The highest BCUT2D eigenvalue weighted by molar-refractivity contribution is 5.79. The van der Waals surface area contributed by atoms with Gasteiger partial charge in [0, 0.05) is 0 Å². The molecule has 90 valence electrons. The lowest BCUT2D eigenvalue weighted by Crippen LogP contribution is -2.58. The molecule has 0 aliphatic heterocycles. The van der Waals surface area contributed by atoms with Crippen molar-refractivity contribution in [3.8, 4) is 12.3 Å². The van der Waals surface area contributed by atoms with Gasteiger partial charge < -0.3 is 5.11 Å². The van der Waals surface area contributed by atoms with Gasteiger partial charge >= 0.3 is 5.97 Å². The molecule has 2 atom stereocenters. The zero-order chi connectivity index (χ0) is 12.4. The fourth-order valence-corrected chi connectivity index (χ4v) is 3.17. The highest BCUT2D eigenvalue weighted by atomic mass is 16.4. The predicted octanol–water partition coefficient (Wildman–Crippen LogP) is 1.88. The van der Waals surface area contributed by atoms with Crippen molar-refractivity contribution in [2.24, 2.45) is 11.3 Å². The number of carboxylic acids is 1. The van der Waals surface area contributed by atoms with Gasteiger partial charge in [-0.05, 0) is 30.6 Å². The molecule has 2 N–H and O–H groups in total. The molecule has 1 aliphatic rings. The molecular weight excluding hydrogens is 202 g/mol. The van der Waals surface area contributed by atoms with Gasteiger partial charge in [-0.2, -0.15) is 0 Å². The SMILES string of the molecule is C#CCNC1(C(=O)O)CC(C)CC(C)(C)C1. The van der Waals surface area contributed by atoms with E-state index in [9.17, 15) is 9.90 Å². The third kappa shape index (κ3) is 2.76. The molecule has 0 bridgehead atoms. The van der Waals surface area contributed by atoms with Crippen LogP contribution in [0.1, 0.15) is 40.0 Å². The number of carbonyl (C=O) groups is 1. The molecule has 1 aliphatic carbocycles. The zero-order valence-corrected chi connectivity index (χ0v) is 10.3. The largest absolute Gasteiger partial charge is 0.480 e. The van der Waals surface area contributed by atoms with E-state index < -0.39 is 11.5 Å². The maximum Gasteiger partial charge on any atom is 0.323 e. The van der Waals surface area contributed by atoms with Gasteiger partial charge in [-0.15, -0.1) is 6.42 Å². The van der Waals surface area contributed by atoms with Gasteiger partial charge in [0.05, 0.1) is 6.54 Å². The van der Waals surface area contributed by atoms with Crippen LogP contribution in [0.4, 0.5) is 0 Å². The van der Waals surface area contributed by atoms with Crippen molar-refractivity contribution in [1.29, 1.82) is 0 Å². The lowest BCUT2D eigenvalue weighted by molar-refractivity contribution is -0.149. The second-order valence-electron chi connectivity index (χ2n) is 5.80. The minimum Gasteiger partial charge on any atom is -0.480 e. The van der Waals surface area contributed by atoms with Gasteiger partial charge in [0.25, 0.3) is 0 Å². The highest BCUT2D eigenvalue weighted by Crippen LogP contribution is 2.43. The predicted molar refractivity (Wildman–Crippen MR) is 64.0 cm³/mol. The third-order valence-electron chi connectivity index (χ3n) is 3.32. The number of rotatable bonds is 3. The van der Waals surface area contributed by atoms with E-state index in [2.05, 4.69) is 32.0 Å². The van der Waals surface area contributed by atoms with Gasteiger partial charge in [-0.3, -0.25) is 10.1 Å². The van der Waals surface area contributed by atoms with E-state index in [0.717, 1.165) is 6.42 Å². The Balaban J connectivity index is 2.92. The summed E-state index contributed by atoms with van der Waals surface area (Å²) in [5.41, 5.74) is -0.787. The first kappa shape index (κ1) is 13.1. The van der Waals surface area contributed by atoms with Crippen LogP contribution in [0.15, 0.2) is 0 Å². The molecule has 16 heavy (non-hydrogen) atoms. The maximum absolute atomic E-state index is 11.5. The van der Waals surface area contributed by atoms with E-state index in [1.165, 1.54) is 0 Å². The molecule has 0 heterocycles. The van der Waals surface area contributed by atoms with Crippen molar-refractivity contribution in [3.63, 3.8) is 0 Å². The second kappa shape index (κ2) is 4.47. The summed E-state index contributed by atoms with van der Waals surface area (Å²) in [5, 5.41) is 12.5.